The molecule has 0 spiro atoms. The number of benzene rings is 2. The van der Waals surface area contributed by atoms with Gasteiger partial charge in [-0.1, -0.05) is 82.3 Å². The summed E-state index contributed by atoms with van der Waals surface area (Å²) in [6, 6.07) is 21.7. The number of rotatable bonds is 3. The van der Waals surface area contributed by atoms with E-state index < -0.39 is 8.80 Å². The minimum Gasteiger partial charge on any atom is -0.0921 e. The maximum Gasteiger partial charge on any atom is 0.149 e. The molecule has 17 heavy (non-hydrogen) atoms. The van der Waals surface area contributed by atoms with E-state index >= 15 is 0 Å². The van der Waals surface area contributed by atoms with Crippen LogP contribution in [0.3, 0.4) is 0 Å². The Labute approximate surface area is 105 Å². The van der Waals surface area contributed by atoms with Crippen molar-refractivity contribution in [1.29, 1.82) is 0 Å². The molecule has 2 aromatic carbocycles. The molecule has 0 saturated carbocycles. The van der Waals surface area contributed by atoms with E-state index in [4.69, 9.17) is 0 Å². The van der Waals surface area contributed by atoms with Gasteiger partial charge in [-0.25, -0.2) is 0 Å². The van der Waals surface area contributed by atoms with Crippen LogP contribution in [0.25, 0.3) is 0 Å². The molecule has 0 unspecified atom stereocenters. The molecule has 0 atom stereocenters. The van der Waals surface area contributed by atoms with Gasteiger partial charge in [0.15, 0.2) is 0 Å². The number of allylic oxidation sites excluding steroid dienone is 2. The lowest BCUT2D eigenvalue weighted by molar-refractivity contribution is 1.55. The Balaban J connectivity index is 2.47. The van der Waals surface area contributed by atoms with Crippen LogP contribution in [-0.4, -0.2) is 8.80 Å². The molecule has 85 valence electrons. The first-order valence-electron chi connectivity index (χ1n) is 5.94. The van der Waals surface area contributed by atoms with Crippen molar-refractivity contribution < 1.29 is 0 Å². The lowest BCUT2D eigenvalue weighted by Gasteiger charge is -2.16. The molecule has 1 radical (unpaired) electrons. The first-order valence-corrected chi connectivity index (χ1v) is 7.44. The highest BCUT2D eigenvalue weighted by molar-refractivity contribution is 6.90. The highest BCUT2D eigenvalue weighted by Crippen LogP contribution is 2.02. The molecular weight excluding hydrogens is 220 g/mol. The summed E-state index contributed by atoms with van der Waals surface area (Å²) in [5, 5.41) is 4.41. The predicted octanol–water partition coefficient (Wildman–Crippen LogP) is 2.80. The van der Waals surface area contributed by atoms with Gasteiger partial charge in [0.1, 0.15) is 8.80 Å². The normalized spacial score (nSPS) is 11.8. The fraction of sp³-hybridized carbons (Fsp3) is 0.125. The van der Waals surface area contributed by atoms with Gasteiger partial charge in [-0.3, -0.25) is 0 Å². The van der Waals surface area contributed by atoms with Crippen LogP contribution in [0.1, 0.15) is 13.8 Å². The maximum absolute atomic E-state index is 2.24. The third-order valence-electron chi connectivity index (χ3n) is 2.95. The summed E-state index contributed by atoms with van der Waals surface area (Å²) in [5.74, 6) is 0. The average molecular weight is 237 g/mol. The van der Waals surface area contributed by atoms with Crippen molar-refractivity contribution >= 4 is 19.2 Å². The van der Waals surface area contributed by atoms with E-state index in [1.165, 1.54) is 15.6 Å². The average Bonchev–Trinajstić information content (AvgIpc) is 2.41. The van der Waals surface area contributed by atoms with E-state index in [1.54, 1.807) is 0 Å². The van der Waals surface area contributed by atoms with E-state index in [2.05, 4.69) is 80.6 Å². The zero-order valence-corrected chi connectivity index (χ0v) is 11.4. The second-order valence-electron chi connectivity index (χ2n) is 4.08. The van der Waals surface area contributed by atoms with Crippen molar-refractivity contribution in [2.45, 2.75) is 13.8 Å². The Bertz CT molecular complexity index is 446. The molecule has 0 fully saturated rings. The summed E-state index contributed by atoms with van der Waals surface area (Å²) in [7, 11) is -0.767. The Morgan fingerprint density at radius 1 is 0.824 bits per heavy atom. The Morgan fingerprint density at radius 2 is 1.24 bits per heavy atom. The fourth-order valence-corrected chi connectivity index (χ4v) is 4.56. The summed E-state index contributed by atoms with van der Waals surface area (Å²) < 4.78 is 0. The number of hydrogen-bond acceptors (Lipinski definition) is 0. The quantitative estimate of drug-likeness (QED) is 0.720. The van der Waals surface area contributed by atoms with Gasteiger partial charge in [-0.05, 0) is 13.8 Å². The van der Waals surface area contributed by atoms with E-state index in [0.717, 1.165) is 0 Å². The zero-order chi connectivity index (χ0) is 12.1. The third kappa shape index (κ3) is 2.74. The minimum absolute atomic E-state index is 0.767. The largest absolute Gasteiger partial charge is 0.149 e. The molecule has 1 heteroatoms. The SMILES string of the molecule is C/C=C(/C)[Si](c1ccccc1)c1ccccc1. The molecule has 0 N–H and O–H groups in total. The molecule has 0 aliphatic heterocycles. The first-order chi connectivity index (χ1) is 8.33. The lowest BCUT2D eigenvalue weighted by Crippen LogP contribution is -2.43. The topological polar surface area (TPSA) is 0 Å². The molecule has 0 saturated heterocycles. The van der Waals surface area contributed by atoms with Gasteiger partial charge in [0.25, 0.3) is 0 Å². The lowest BCUT2D eigenvalue weighted by atomic mass is 10.4. The Hall–Kier alpha value is -1.60. The predicted molar refractivity (Wildman–Crippen MR) is 77.3 cm³/mol. The van der Waals surface area contributed by atoms with Crippen molar-refractivity contribution in [3.8, 4) is 0 Å². The van der Waals surface area contributed by atoms with E-state index in [9.17, 15) is 0 Å². The van der Waals surface area contributed by atoms with E-state index in [1.807, 2.05) is 0 Å². The van der Waals surface area contributed by atoms with Gasteiger partial charge >= 0.3 is 0 Å². The fourth-order valence-electron chi connectivity index (χ4n) is 1.98. The molecule has 0 nitrogen and oxygen atoms in total. The van der Waals surface area contributed by atoms with Crippen LogP contribution in [0.15, 0.2) is 71.9 Å². The van der Waals surface area contributed by atoms with Crippen LogP contribution in [0.4, 0.5) is 0 Å². The molecule has 0 aliphatic rings. The van der Waals surface area contributed by atoms with Crippen LogP contribution in [0.2, 0.25) is 0 Å². The van der Waals surface area contributed by atoms with Crippen molar-refractivity contribution in [3.63, 3.8) is 0 Å². The summed E-state index contributed by atoms with van der Waals surface area (Å²) in [6.07, 6.45) is 2.24. The minimum atomic E-state index is -0.767. The summed E-state index contributed by atoms with van der Waals surface area (Å²) >= 11 is 0. The zero-order valence-electron chi connectivity index (χ0n) is 10.4. The van der Waals surface area contributed by atoms with Crippen LogP contribution < -0.4 is 10.4 Å². The van der Waals surface area contributed by atoms with E-state index in [0.29, 0.717) is 0 Å². The van der Waals surface area contributed by atoms with Crippen molar-refractivity contribution in [2.24, 2.45) is 0 Å². The standard InChI is InChI=1S/C16H17Si/c1-3-14(2)17(15-10-6-4-7-11-15)16-12-8-5-9-13-16/h3-13H,1-2H3/b14-3-. The third-order valence-corrected chi connectivity index (χ3v) is 5.85. The molecule has 2 rings (SSSR count). The van der Waals surface area contributed by atoms with Gasteiger partial charge in [-0.15, -0.1) is 0 Å². The van der Waals surface area contributed by atoms with Gasteiger partial charge in [0.2, 0.25) is 0 Å². The summed E-state index contributed by atoms with van der Waals surface area (Å²) in [4.78, 5) is 0. The van der Waals surface area contributed by atoms with Gasteiger partial charge < -0.3 is 0 Å². The number of hydrogen-bond donors (Lipinski definition) is 0. The Morgan fingerprint density at radius 3 is 1.59 bits per heavy atom. The molecule has 0 amide bonds. The van der Waals surface area contributed by atoms with E-state index in [-0.39, 0.29) is 0 Å². The van der Waals surface area contributed by atoms with Crippen LogP contribution in [0.5, 0.6) is 0 Å². The maximum atomic E-state index is 2.24. The molecule has 0 aliphatic carbocycles. The summed E-state index contributed by atoms with van der Waals surface area (Å²) in [6.45, 7) is 4.38. The molecule has 0 aromatic heterocycles. The smallest absolute Gasteiger partial charge is 0.0921 e. The van der Waals surface area contributed by atoms with Gasteiger partial charge in [0, 0.05) is 0 Å². The van der Waals surface area contributed by atoms with Crippen molar-refractivity contribution in [1.82, 2.24) is 0 Å². The monoisotopic (exact) mass is 237 g/mol. The van der Waals surface area contributed by atoms with Crippen molar-refractivity contribution in [3.05, 3.63) is 71.9 Å². The second-order valence-corrected chi connectivity index (χ2v) is 6.77. The van der Waals surface area contributed by atoms with Crippen LogP contribution in [0, 0.1) is 0 Å². The van der Waals surface area contributed by atoms with Gasteiger partial charge in [0.05, 0.1) is 0 Å². The molecule has 0 bridgehead atoms. The van der Waals surface area contributed by atoms with Crippen LogP contribution >= 0.6 is 0 Å². The Kier molecular flexibility index (Phi) is 3.94. The van der Waals surface area contributed by atoms with Crippen LogP contribution in [-0.2, 0) is 0 Å². The highest BCUT2D eigenvalue weighted by Gasteiger charge is 2.17. The highest BCUT2D eigenvalue weighted by atomic mass is 28.3. The van der Waals surface area contributed by atoms with Gasteiger partial charge in [-0.2, -0.15) is 0 Å². The molecule has 2 aromatic rings. The molecule has 0 heterocycles. The second kappa shape index (κ2) is 5.64. The summed E-state index contributed by atoms with van der Waals surface area (Å²) in [5.41, 5.74) is 0. The molecular formula is C16H17Si. The van der Waals surface area contributed by atoms with Crippen molar-refractivity contribution in [2.75, 3.05) is 0 Å². The first kappa shape index (κ1) is 11.9.